The van der Waals surface area contributed by atoms with Gasteiger partial charge in [0, 0.05) is 15.8 Å². The predicted molar refractivity (Wildman–Crippen MR) is 87.1 cm³/mol. The molecule has 1 fully saturated rings. The number of rotatable bonds is 3. The Kier molecular flexibility index (Phi) is 4.84. The minimum Gasteiger partial charge on any atom is -0.329 e. The highest BCUT2D eigenvalue weighted by molar-refractivity contribution is 14.1. The third-order valence-corrected chi connectivity index (χ3v) is 5.27. The first-order valence-electron chi connectivity index (χ1n) is 6.85. The number of hydrogen-bond donors (Lipinski definition) is 2. The smallest absolute Gasteiger partial charge is 0.231 e. The molecule has 0 heterocycles. The number of anilines is 1. The number of aryl methyl sites for hydroxylation is 1. The molecule has 1 aliphatic carbocycles. The van der Waals surface area contributed by atoms with Gasteiger partial charge in [-0.3, -0.25) is 4.79 Å². The van der Waals surface area contributed by atoms with Crippen LogP contribution < -0.4 is 11.1 Å². The lowest BCUT2D eigenvalue weighted by atomic mass is 9.73. The molecule has 1 aliphatic rings. The van der Waals surface area contributed by atoms with Crippen LogP contribution in [0.3, 0.4) is 0 Å². The van der Waals surface area contributed by atoms with Crippen LogP contribution in [0.15, 0.2) is 18.2 Å². The van der Waals surface area contributed by atoms with Crippen LogP contribution >= 0.6 is 22.6 Å². The van der Waals surface area contributed by atoms with Crippen molar-refractivity contribution in [3.8, 4) is 0 Å². The molecule has 0 bridgehead atoms. The molecule has 1 amide bonds. The van der Waals surface area contributed by atoms with E-state index in [2.05, 4.69) is 34.8 Å². The van der Waals surface area contributed by atoms with Gasteiger partial charge in [0.15, 0.2) is 0 Å². The lowest BCUT2D eigenvalue weighted by molar-refractivity contribution is -0.126. The Labute approximate surface area is 128 Å². The maximum Gasteiger partial charge on any atom is 0.231 e. The molecule has 0 unspecified atom stereocenters. The third-order valence-electron chi connectivity index (χ3n) is 4.11. The number of carbonyl (C=O) groups is 1. The van der Waals surface area contributed by atoms with Crippen LogP contribution in [-0.4, -0.2) is 12.5 Å². The first-order valence-corrected chi connectivity index (χ1v) is 7.93. The van der Waals surface area contributed by atoms with E-state index in [1.165, 1.54) is 15.6 Å². The Morgan fingerprint density at radius 1 is 1.37 bits per heavy atom. The largest absolute Gasteiger partial charge is 0.329 e. The van der Waals surface area contributed by atoms with Crippen molar-refractivity contribution in [1.29, 1.82) is 0 Å². The highest BCUT2D eigenvalue weighted by atomic mass is 127. The van der Waals surface area contributed by atoms with E-state index in [4.69, 9.17) is 5.73 Å². The van der Waals surface area contributed by atoms with Crippen molar-refractivity contribution < 1.29 is 4.79 Å². The van der Waals surface area contributed by atoms with Crippen molar-refractivity contribution in [3.63, 3.8) is 0 Å². The Balaban J connectivity index is 2.12. The highest BCUT2D eigenvalue weighted by Crippen LogP contribution is 2.36. The van der Waals surface area contributed by atoms with Gasteiger partial charge in [0.05, 0.1) is 5.41 Å². The van der Waals surface area contributed by atoms with Crippen LogP contribution in [0, 0.1) is 15.9 Å². The molecule has 3 nitrogen and oxygen atoms in total. The van der Waals surface area contributed by atoms with E-state index in [1.807, 2.05) is 18.2 Å². The van der Waals surface area contributed by atoms with Gasteiger partial charge in [0.1, 0.15) is 0 Å². The Hall–Kier alpha value is -0.620. The van der Waals surface area contributed by atoms with Crippen LogP contribution in [0.1, 0.15) is 37.7 Å². The number of benzene rings is 1. The molecule has 1 saturated carbocycles. The van der Waals surface area contributed by atoms with Crippen molar-refractivity contribution in [2.45, 2.75) is 39.0 Å². The van der Waals surface area contributed by atoms with Gasteiger partial charge in [-0.15, -0.1) is 0 Å². The van der Waals surface area contributed by atoms with Gasteiger partial charge in [-0.1, -0.05) is 25.3 Å². The van der Waals surface area contributed by atoms with E-state index in [0.29, 0.717) is 6.54 Å². The zero-order chi connectivity index (χ0) is 13.9. The first-order chi connectivity index (χ1) is 9.07. The van der Waals surface area contributed by atoms with E-state index in [-0.39, 0.29) is 11.3 Å². The van der Waals surface area contributed by atoms with Gasteiger partial charge in [-0.05, 0) is 60.1 Å². The maximum atomic E-state index is 12.5. The number of carbonyl (C=O) groups excluding carboxylic acids is 1. The monoisotopic (exact) mass is 372 g/mol. The first kappa shape index (κ1) is 14.8. The molecule has 1 aromatic rings. The molecule has 0 aromatic heterocycles. The van der Waals surface area contributed by atoms with Crippen molar-refractivity contribution in [2.75, 3.05) is 11.9 Å². The van der Waals surface area contributed by atoms with Gasteiger partial charge in [-0.2, -0.15) is 0 Å². The lowest BCUT2D eigenvalue weighted by Gasteiger charge is -2.34. The molecule has 0 atom stereocenters. The van der Waals surface area contributed by atoms with Crippen molar-refractivity contribution in [2.24, 2.45) is 11.1 Å². The summed E-state index contributed by atoms with van der Waals surface area (Å²) in [6.45, 7) is 2.51. The zero-order valence-corrected chi connectivity index (χ0v) is 13.5. The van der Waals surface area contributed by atoms with Crippen molar-refractivity contribution in [3.05, 3.63) is 27.3 Å². The van der Waals surface area contributed by atoms with Gasteiger partial charge in [0.2, 0.25) is 5.91 Å². The molecule has 0 saturated heterocycles. The summed E-state index contributed by atoms with van der Waals surface area (Å²) < 4.78 is 1.17. The molecule has 0 radical (unpaired) electrons. The van der Waals surface area contributed by atoms with Gasteiger partial charge in [0.25, 0.3) is 0 Å². The van der Waals surface area contributed by atoms with Gasteiger partial charge < -0.3 is 11.1 Å². The van der Waals surface area contributed by atoms with Crippen molar-refractivity contribution >= 4 is 34.2 Å². The minimum absolute atomic E-state index is 0.0920. The van der Waals surface area contributed by atoms with E-state index in [0.717, 1.165) is 31.4 Å². The van der Waals surface area contributed by atoms with Crippen LogP contribution in [0.5, 0.6) is 0 Å². The van der Waals surface area contributed by atoms with Crippen LogP contribution in [0.25, 0.3) is 0 Å². The van der Waals surface area contributed by atoms with Gasteiger partial charge in [-0.25, -0.2) is 0 Å². The van der Waals surface area contributed by atoms with E-state index in [9.17, 15) is 4.79 Å². The van der Waals surface area contributed by atoms with E-state index < -0.39 is 0 Å². The predicted octanol–water partition coefficient (Wildman–Crippen LogP) is 3.45. The SMILES string of the molecule is Cc1ccc(NC(=O)C2(CN)CCCCC2)cc1I. The maximum absolute atomic E-state index is 12.5. The fourth-order valence-electron chi connectivity index (χ4n) is 2.69. The quantitative estimate of drug-likeness (QED) is 0.799. The molecule has 1 aromatic carbocycles. The van der Waals surface area contributed by atoms with Crippen LogP contribution in [-0.2, 0) is 4.79 Å². The fourth-order valence-corrected chi connectivity index (χ4v) is 3.20. The molecule has 3 N–H and O–H groups in total. The summed E-state index contributed by atoms with van der Waals surface area (Å²) in [7, 11) is 0. The van der Waals surface area contributed by atoms with E-state index >= 15 is 0 Å². The summed E-state index contributed by atoms with van der Waals surface area (Å²) in [5.74, 6) is 0.0920. The number of halogens is 1. The number of amides is 1. The minimum atomic E-state index is -0.353. The van der Waals surface area contributed by atoms with Gasteiger partial charge >= 0.3 is 0 Å². The average Bonchev–Trinajstić information content (AvgIpc) is 2.43. The number of nitrogens with two attached hydrogens (primary N) is 1. The molecule has 0 aliphatic heterocycles. The highest BCUT2D eigenvalue weighted by Gasteiger charge is 2.38. The molecule has 104 valence electrons. The second kappa shape index (κ2) is 6.22. The second-order valence-corrected chi connectivity index (χ2v) is 6.63. The molecule has 19 heavy (non-hydrogen) atoms. The normalized spacial score (nSPS) is 18.1. The summed E-state index contributed by atoms with van der Waals surface area (Å²) in [5.41, 5.74) is 7.63. The molecule has 4 heteroatoms. The molecule has 0 spiro atoms. The Morgan fingerprint density at radius 3 is 2.63 bits per heavy atom. The topological polar surface area (TPSA) is 55.1 Å². The van der Waals surface area contributed by atoms with Crippen LogP contribution in [0.2, 0.25) is 0 Å². The molecular weight excluding hydrogens is 351 g/mol. The molecule has 2 rings (SSSR count). The fraction of sp³-hybridized carbons (Fsp3) is 0.533. The number of hydrogen-bond acceptors (Lipinski definition) is 2. The summed E-state index contributed by atoms with van der Waals surface area (Å²) >= 11 is 2.29. The zero-order valence-electron chi connectivity index (χ0n) is 11.3. The number of nitrogens with one attached hydrogen (secondary N) is 1. The Bertz CT molecular complexity index is 467. The average molecular weight is 372 g/mol. The summed E-state index contributed by atoms with van der Waals surface area (Å²) in [6.07, 6.45) is 5.26. The molecular formula is C15H21IN2O. The Morgan fingerprint density at radius 2 is 2.05 bits per heavy atom. The summed E-state index contributed by atoms with van der Waals surface area (Å²) in [6, 6.07) is 6.01. The summed E-state index contributed by atoms with van der Waals surface area (Å²) in [4.78, 5) is 12.5. The van der Waals surface area contributed by atoms with Crippen molar-refractivity contribution in [1.82, 2.24) is 0 Å². The summed E-state index contributed by atoms with van der Waals surface area (Å²) in [5, 5.41) is 3.05. The second-order valence-electron chi connectivity index (χ2n) is 5.46. The van der Waals surface area contributed by atoms with Crippen LogP contribution in [0.4, 0.5) is 5.69 Å². The van der Waals surface area contributed by atoms with E-state index in [1.54, 1.807) is 0 Å². The standard InChI is InChI=1S/C15H21IN2O/c1-11-5-6-12(9-13(11)16)18-14(19)15(10-17)7-3-2-4-8-15/h5-6,9H,2-4,7-8,10,17H2,1H3,(H,18,19). The third kappa shape index (κ3) is 3.28. The lowest BCUT2D eigenvalue weighted by Crippen LogP contribution is -2.43.